The summed E-state index contributed by atoms with van der Waals surface area (Å²) in [6.07, 6.45) is 0. The number of rotatable bonds is 6. The molecule has 2 N–H and O–H groups in total. The summed E-state index contributed by atoms with van der Waals surface area (Å²) in [6.45, 7) is 12.0. The molecule has 2 amide bonds. The summed E-state index contributed by atoms with van der Waals surface area (Å²) >= 11 is 0. The molecule has 0 heterocycles. The van der Waals surface area contributed by atoms with Crippen molar-refractivity contribution in [3.63, 3.8) is 0 Å². The third-order valence-electron chi connectivity index (χ3n) is 3.79. The van der Waals surface area contributed by atoms with Crippen molar-refractivity contribution in [3.05, 3.63) is 29.8 Å². The molecule has 0 radical (unpaired) electrons. The Balaban J connectivity index is 2.58. The number of likely N-dealkylation sites (N-methyl/N-ethyl adjacent to an activating group) is 1. The standard InChI is InChI=1S/C19H31N3O2/c1-13(2)15-8-10-16(11-9-15)20-18(24)14(3)22(7)12-17(23)21-19(4,5)6/h8-11,13-14H,12H2,1-7H3,(H,20,24)(H,21,23)/t14-/m1/s1. The van der Waals surface area contributed by atoms with E-state index in [-0.39, 0.29) is 23.9 Å². The van der Waals surface area contributed by atoms with Gasteiger partial charge in [-0.05, 0) is 58.4 Å². The van der Waals surface area contributed by atoms with Crippen LogP contribution in [0.3, 0.4) is 0 Å². The van der Waals surface area contributed by atoms with Crippen molar-refractivity contribution in [2.75, 3.05) is 18.9 Å². The van der Waals surface area contributed by atoms with Gasteiger partial charge < -0.3 is 10.6 Å². The number of carbonyl (C=O) groups excluding carboxylic acids is 2. The largest absolute Gasteiger partial charge is 0.350 e. The zero-order chi connectivity index (χ0) is 18.5. The van der Waals surface area contributed by atoms with Crippen molar-refractivity contribution in [3.8, 4) is 0 Å². The molecule has 0 aromatic heterocycles. The van der Waals surface area contributed by atoms with E-state index in [0.717, 1.165) is 5.69 Å². The highest BCUT2D eigenvalue weighted by Gasteiger charge is 2.22. The summed E-state index contributed by atoms with van der Waals surface area (Å²) < 4.78 is 0. The number of benzene rings is 1. The maximum Gasteiger partial charge on any atom is 0.241 e. The van der Waals surface area contributed by atoms with Crippen molar-refractivity contribution in [2.45, 2.75) is 59.0 Å². The van der Waals surface area contributed by atoms with Crippen LogP contribution in [0.5, 0.6) is 0 Å². The molecule has 1 atom stereocenters. The third-order valence-corrected chi connectivity index (χ3v) is 3.79. The number of hydrogen-bond donors (Lipinski definition) is 2. The maximum atomic E-state index is 12.4. The molecule has 1 aromatic rings. The average Bonchev–Trinajstić information content (AvgIpc) is 2.44. The third kappa shape index (κ3) is 6.71. The van der Waals surface area contributed by atoms with Gasteiger partial charge in [-0.2, -0.15) is 0 Å². The van der Waals surface area contributed by atoms with E-state index in [1.807, 2.05) is 45.0 Å². The Labute approximate surface area is 145 Å². The molecule has 5 heteroatoms. The van der Waals surface area contributed by atoms with Crippen LogP contribution in [0.15, 0.2) is 24.3 Å². The SMILES string of the molecule is CC(C)c1ccc(NC(=O)[C@@H](C)N(C)CC(=O)NC(C)(C)C)cc1. The molecule has 5 nitrogen and oxygen atoms in total. The molecule has 24 heavy (non-hydrogen) atoms. The first-order chi connectivity index (χ1) is 11.0. The topological polar surface area (TPSA) is 61.4 Å². The van der Waals surface area contributed by atoms with E-state index in [1.54, 1.807) is 18.9 Å². The van der Waals surface area contributed by atoms with Crippen LogP contribution in [0.1, 0.15) is 53.0 Å². The molecule has 0 aliphatic rings. The summed E-state index contributed by atoms with van der Waals surface area (Å²) in [5.74, 6) is 0.241. The van der Waals surface area contributed by atoms with Gasteiger partial charge in [-0.15, -0.1) is 0 Å². The summed E-state index contributed by atoms with van der Waals surface area (Å²) in [4.78, 5) is 26.1. The van der Waals surface area contributed by atoms with Crippen LogP contribution in [0.25, 0.3) is 0 Å². The lowest BCUT2D eigenvalue weighted by Crippen LogP contribution is -2.49. The minimum absolute atomic E-state index is 0.0917. The van der Waals surface area contributed by atoms with Crippen LogP contribution in [0.4, 0.5) is 5.69 Å². The van der Waals surface area contributed by atoms with Gasteiger partial charge in [-0.25, -0.2) is 0 Å². The molecule has 1 rings (SSSR count). The Morgan fingerprint density at radius 1 is 1.08 bits per heavy atom. The molecule has 1 aromatic carbocycles. The minimum atomic E-state index is -0.402. The molecular weight excluding hydrogens is 302 g/mol. The number of nitrogens with zero attached hydrogens (tertiary/aromatic N) is 1. The van der Waals surface area contributed by atoms with Gasteiger partial charge in [0, 0.05) is 11.2 Å². The highest BCUT2D eigenvalue weighted by molar-refractivity contribution is 5.94. The Kier molecular flexibility index (Phi) is 6.96. The summed E-state index contributed by atoms with van der Waals surface area (Å²) in [6, 6.07) is 7.45. The van der Waals surface area contributed by atoms with Gasteiger partial charge in [-0.3, -0.25) is 14.5 Å². The van der Waals surface area contributed by atoms with Gasteiger partial charge in [0.2, 0.25) is 11.8 Å². The van der Waals surface area contributed by atoms with Gasteiger partial charge in [0.05, 0.1) is 12.6 Å². The van der Waals surface area contributed by atoms with Crippen LogP contribution in [-0.4, -0.2) is 41.9 Å². The second kappa shape index (κ2) is 8.29. The molecule has 0 fully saturated rings. The first-order valence-electron chi connectivity index (χ1n) is 8.41. The quantitative estimate of drug-likeness (QED) is 0.841. The lowest BCUT2D eigenvalue weighted by molar-refractivity contribution is -0.125. The minimum Gasteiger partial charge on any atom is -0.350 e. The highest BCUT2D eigenvalue weighted by atomic mass is 16.2. The second-order valence-corrected chi connectivity index (χ2v) is 7.66. The fourth-order valence-corrected chi connectivity index (χ4v) is 2.22. The number of amides is 2. The molecule has 0 saturated heterocycles. The van der Waals surface area contributed by atoms with E-state index in [1.165, 1.54) is 5.56 Å². The van der Waals surface area contributed by atoms with Crippen LogP contribution in [0, 0.1) is 0 Å². The Hall–Kier alpha value is -1.88. The Morgan fingerprint density at radius 3 is 2.08 bits per heavy atom. The van der Waals surface area contributed by atoms with Crippen molar-refractivity contribution in [2.24, 2.45) is 0 Å². The zero-order valence-electron chi connectivity index (χ0n) is 15.9. The fourth-order valence-electron chi connectivity index (χ4n) is 2.22. The van der Waals surface area contributed by atoms with Crippen molar-refractivity contribution < 1.29 is 9.59 Å². The number of hydrogen-bond acceptors (Lipinski definition) is 3. The molecule has 0 unspecified atom stereocenters. The average molecular weight is 333 g/mol. The van der Waals surface area contributed by atoms with Gasteiger partial charge in [0.15, 0.2) is 0 Å². The number of nitrogens with one attached hydrogen (secondary N) is 2. The van der Waals surface area contributed by atoms with Gasteiger partial charge in [0.25, 0.3) is 0 Å². The number of carbonyl (C=O) groups is 2. The van der Waals surface area contributed by atoms with Crippen LogP contribution < -0.4 is 10.6 Å². The molecule has 0 spiro atoms. The van der Waals surface area contributed by atoms with E-state index in [4.69, 9.17) is 0 Å². The van der Waals surface area contributed by atoms with E-state index in [0.29, 0.717) is 5.92 Å². The van der Waals surface area contributed by atoms with Crippen LogP contribution in [0.2, 0.25) is 0 Å². The lowest BCUT2D eigenvalue weighted by atomic mass is 10.0. The van der Waals surface area contributed by atoms with Crippen molar-refractivity contribution in [1.29, 1.82) is 0 Å². The fraction of sp³-hybridized carbons (Fsp3) is 0.579. The normalized spacial score (nSPS) is 13.0. The van der Waals surface area contributed by atoms with E-state index >= 15 is 0 Å². The lowest BCUT2D eigenvalue weighted by Gasteiger charge is -2.26. The predicted molar refractivity (Wildman–Crippen MR) is 99.1 cm³/mol. The highest BCUT2D eigenvalue weighted by Crippen LogP contribution is 2.17. The Bertz CT molecular complexity index is 559. The smallest absolute Gasteiger partial charge is 0.241 e. The zero-order valence-corrected chi connectivity index (χ0v) is 15.9. The monoisotopic (exact) mass is 333 g/mol. The molecule has 0 aliphatic heterocycles. The maximum absolute atomic E-state index is 12.4. The summed E-state index contributed by atoms with van der Waals surface area (Å²) in [5.41, 5.74) is 1.72. The molecule has 0 aliphatic carbocycles. The number of anilines is 1. The van der Waals surface area contributed by atoms with Crippen molar-refractivity contribution >= 4 is 17.5 Å². The molecule has 134 valence electrons. The van der Waals surface area contributed by atoms with Crippen LogP contribution in [-0.2, 0) is 9.59 Å². The van der Waals surface area contributed by atoms with Gasteiger partial charge in [0.1, 0.15) is 0 Å². The van der Waals surface area contributed by atoms with Gasteiger partial charge in [-0.1, -0.05) is 26.0 Å². The Morgan fingerprint density at radius 2 is 1.62 bits per heavy atom. The summed E-state index contributed by atoms with van der Waals surface area (Å²) in [7, 11) is 1.77. The molecule has 0 bridgehead atoms. The van der Waals surface area contributed by atoms with Crippen molar-refractivity contribution in [1.82, 2.24) is 10.2 Å². The van der Waals surface area contributed by atoms with E-state index < -0.39 is 6.04 Å². The predicted octanol–water partition coefficient (Wildman–Crippen LogP) is 2.98. The van der Waals surface area contributed by atoms with Crippen LogP contribution >= 0.6 is 0 Å². The summed E-state index contributed by atoms with van der Waals surface area (Å²) in [5, 5.41) is 5.80. The van der Waals surface area contributed by atoms with E-state index in [2.05, 4.69) is 24.5 Å². The van der Waals surface area contributed by atoms with Gasteiger partial charge >= 0.3 is 0 Å². The first-order valence-corrected chi connectivity index (χ1v) is 8.41. The molecule has 0 saturated carbocycles. The molecular formula is C19H31N3O2. The van der Waals surface area contributed by atoms with E-state index in [9.17, 15) is 9.59 Å². The second-order valence-electron chi connectivity index (χ2n) is 7.66. The first kappa shape index (κ1) is 20.2.